The molecule has 0 aliphatic heterocycles. The van der Waals surface area contributed by atoms with Crippen molar-refractivity contribution < 1.29 is 0 Å². The summed E-state index contributed by atoms with van der Waals surface area (Å²) in [5.74, 6) is 0. The number of aryl methyl sites for hydroxylation is 2. The number of nitrogens with zero attached hydrogens (tertiary/aromatic N) is 2. The minimum absolute atomic E-state index is 0.0164. The summed E-state index contributed by atoms with van der Waals surface area (Å²) in [5.41, 5.74) is 8.20. The molecule has 1 heterocycles. The smallest absolute Gasteiger partial charge is 0.0948 e. The van der Waals surface area contributed by atoms with Gasteiger partial charge in [-0.15, -0.1) is 0 Å². The van der Waals surface area contributed by atoms with Crippen LogP contribution in [-0.4, -0.2) is 9.55 Å². The largest absolute Gasteiger partial charge is 0.333 e. The molecule has 1 atom stereocenters. The minimum atomic E-state index is 0.0164. The number of hydrogen-bond acceptors (Lipinski definition) is 2. The molecule has 2 aromatic rings. The molecule has 0 fully saturated rings. The van der Waals surface area contributed by atoms with Crippen LogP contribution in [0.1, 0.15) is 24.2 Å². The molecule has 90 valence electrons. The molecule has 2 N–H and O–H groups in total. The Balaban J connectivity index is 2.02. The van der Waals surface area contributed by atoms with Gasteiger partial charge >= 0.3 is 0 Å². The molecule has 2 rings (SSSR count). The lowest BCUT2D eigenvalue weighted by Gasteiger charge is -2.10. The van der Waals surface area contributed by atoms with E-state index in [-0.39, 0.29) is 6.04 Å². The first-order valence-corrected chi connectivity index (χ1v) is 6.04. The zero-order chi connectivity index (χ0) is 12.3. The van der Waals surface area contributed by atoms with Crippen LogP contribution in [-0.2, 0) is 13.0 Å². The average molecular weight is 250 g/mol. The summed E-state index contributed by atoms with van der Waals surface area (Å²) < 4.78 is 2.10. The van der Waals surface area contributed by atoms with Crippen molar-refractivity contribution in [2.75, 3.05) is 0 Å². The second-order valence-corrected chi connectivity index (χ2v) is 4.61. The van der Waals surface area contributed by atoms with Crippen LogP contribution in [0.3, 0.4) is 0 Å². The summed E-state index contributed by atoms with van der Waals surface area (Å²) in [6.07, 6.45) is 4.61. The van der Waals surface area contributed by atoms with Gasteiger partial charge in [0.05, 0.1) is 12.0 Å². The van der Waals surface area contributed by atoms with Gasteiger partial charge in [-0.3, -0.25) is 0 Å². The third-order valence-corrected chi connectivity index (χ3v) is 3.02. The number of benzene rings is 1. The fraction of sp³-hybridized carbons (Fsp3) is 0.308. The minimum Gasteiger partial charge on any atom is -0.333 e. The highest BCUT2D eigenvalue weighted by Gasteiger charge is 2.06. The van der Waals surface area contributed by atoms with E-state index in [0.29, 0.717) is 0 Å². The van der Waals surface area contributed by atoms with E-state index in [1.807, 2.05) is 43.7 Å². The summed E-state index contributed by atoms with van der Waals surface area (Å²) in [6, 6.07) is 7.94. The lowest BCUT2D eigenvalue weighted by molar-refractivity contribution is 0.624. The van der Waals surface area contributed by atoms with E-state index in [1.54, 1.807) is 0 Å². The summed E-state index contributed by atoms with van der Waals surface area (Å²) in [6.45, 7) is 2.86. The number of hydrogen-bond donors (Lipinski definition) is 1. The van der Waals surface area contributed by atoms with Gasteiger partial charge in [0.15, 0.2) is 0 Å². The molecule has 0 unspecified atom stereocenters. The van der Waals surface area contributed by atoms with Crippen molar-refractivity contribution in [3.05, 3.63) is 53.1 Å². The van der Waals surface area contributed by atoms with Gasteiger partial charge in [-0.25, -0.2) is 4.98 Å². The van der Waals surface area contributed by atoms with Crippen molar-refractivity contribution >= 4 is 11.6 Å². The molecule has 0 saturated heterocycles. The maximum atomic E-state index is 5.87. The Labute approximate surface area is 106 Å². The normalized spacial score (nSPS) is 12.6. The monoisotopic (exact) mass is 249 g/mol. The molecular formula is C13H16ClN3. The molecule has 0 bridgehead atoms. The molecule has 1 aromatic carbocycles. The van der Waals surface area contributed by atoms with Crippen LogP contribution in [0.25, 0.3) is 0 Å². The van der Waals surface area contributed by atoms with E-state index in [9.17, 15) is 0 Å². The standard InChI is InChI=1S/C13H16ClN3/c1-10(15)13-8-16-9-17(13)7-6-11-2-4-12(14)5-3-11/h2-5,8-10H,6-7,15H2,1H3/t10-/m1/s1. The van der Waals surface area contributed by atoms with E-state index < -0.39 is 0 Å². The number of halogens is 1. The molecule has 0 aliphatic rings. The van der Waals surface area contributed by atoms with Crippen molar-refractivity contribution in [2.45, 2.75) is 25.9 Å². The number of nitrogens with two attached hydrogens (primary N) is 1. The molecule has 3 nitrogen and oxygen atoms in total. The SMILES string of the molecule is C[C@@H](N)c1cncn1CCc1ccc(Cl)cc1. The van der Waals surface area contributed by atoms with Gasteiger partial charge in [-0.2, -0.15) is 0 Å². The summed E-state index contributed by atoms with van der Waals surface area (Å²) >= 11 is 5.85. The third kappa shape index (κ3) is 3.08. The highest BCUT2D eigenvalue weighted by Crippen LogP contribution is 2.13. The van der Waals surface area contributed by atoms with Gasteiger partial charge in [-0.05, 0) is 31.0 Å². The van der Waals surface area contributed by atoms with E-state index in [2.05, 4.69) is 9.55 Å². The first-order valence-electron chi connectivity index (χ1n) is 5.67. The molecule has 0 radical (unpaired) electrons. The van der Waals surface area contributed by atoms with Gasteiger partial charge in [-0.1, -0.05) is 23.7 Å². The molecule has 0 spiro atoms. The Morgan fingerprint density at radius 3 is 2.71 bits per heavy atom. The maximum Gasteiger partial charge on any atom is 0.0948 e. The van der Waals surface area contributed by atoms with Crippen molar-refractivity contribution in [3.63, 3.8) is 0 Å². The van der Waals surface area contributed by atoms with Crippen LogP contribution in [0.5, 0.6) is 0 Å². The molecule has 17 heavy (non-hydrogen) atoms. The maximum absolute atomic E-state index is 5.87. The van der Waals surface area contributed by atoms with Gasteiger partial charge < -0.3 is 10.3 Å². The Kier molecular flexibility index (Phi) is 3.82. The van der Waals surface area contributed by atoms with Crippen LogP contribution < -0.4 is 5.73 Å². The Morgan fingerprint density at radius 2 is 2.06 bits per heavy atom. The Morgan fingerprint density at radius 1 is 1.35 bits per heavy atom. The summed E-state index contributed by atoms with van der Waals surface area (Å²) in [4.78, 5) is 4.13. The molecule has 0 amide bonds. The number of imidazole rings is 1. The Bertz CT molecular complexity index is 474. The fourth-order valence-electron chi connectivity index (χ4n) is 1.80. The number of rotatable bonds is 4. The van der Waals surface area contributed by atoms with Gasteiger partial charge in [0.25, 0.3) is 0 Å². The van der Waals surface area contributed by atoms with Gasteiger partial charge in [0.1, 0.15) is 0 Å². The van der Waals surface area contributed by atoms with E-state index in [0.717, 1.165) is 23.7 Å². The van der Waals surface area contributed by atoms with Crippen molar-refractivity contribution in [3.8, 4) is 0 Å². The molecule has 0 aliphatic carbocycles. The van der Waals surface area contributed by atoms with Crippen molar-refractivity contribution in [1.29, 1.82) is 0 Å². The summed E-state index contributed by atoms with van der Waals surface area (Å²) in [5, 5.41) is 0.771. The number of aromatic nitrogens is 2. The Hall–Kier alpha value is -1.32. The van der Waals surface area contributed by atoms with Crippen LogP contribution in [0.4, 0.5) is 0 Å². The highest BCUT2D eigenvalue weighted by molar-refractivity contribution is 6.30. The average Bonchev–Trinajstić information content (AvgIpc) is 2.76. The van der Waals surface area contributed by atoms with E-state index >= 15 is 0 Å². The van der Waals surface area contributed by atoms with Crippen LogP contribution in [0.15, 0.2) is 36.8 Å². The first-order chi connectivity index (χ1) is 8.16. The second-order valence-electron chi connectivity index (χ2n) is 4.18. The van der Waals surface area contributed by atoms with Crippen LogP contribution in [0.2, 0.25) is 5.02 Å². The lowest BCUT2D eigenvalue weighted by Crippen LogP contribution is -2.12. The predicted octanol–water partition coefficient (Wildman–Crippen LogP) is 2.80. The van der Waals surface area contributed by atoms with Crippen LogP contribution in [0, 0.1) is 0 Å². The van der Waals surface area contributed by atoms with Gasteiger partial charge in [0, 0.05) is 23.8 Å². The van der Waals surface area contributed by atoms with Crippen LogP contribution >= 0.6 is 11.6 Å². The zero-order valence-electron chi connectivity index (χ0n) is 9.81. The molecule has 1 aromatic heterocycles. The van der Waals surface area contributed by atoms with Gasteiger partial charge in [0.2, 0.25) is 0 Å². The lowest BCUT2D eigenvalue weighted by atomic mass is 10.1. The first kappa shape index (κ1) is 12.1. The molecule has 0 saturated carbocycles. The molecule has 4 heteroatoms. The van der Waals surface area contributed by atoms with Crippen molar-refractivity contribution in [2.24, 2.45) is 5.73 Å². The quantitative estimate of drug-likeness (QED) is 0.906. The third-order valence-electron chi connectivity index (χ3n) is 2.77. The topological polar surface area (TPSA) is 43.8 Å². The zero-order valence-corrected chi connectivity index (χ0v) is 10.6. The van der Waals surface area contributed by atoms with E-state index in [4.69, 9.17) is 17.3 Å². The fourth-order valence-corrected chi connectivity index (χ4v) is 1.92. The second kappa shape index (κ2) is 5.34. The highest BCUT2D eigenvalue weighted by atomic mass is 35.5. The molecular weight excluding hydrogens is 234 g/mol. The predicted molar refractivity (Wildman–Crippen MR) is 70.0 cm³/mol. The van der Waals surface area contributed by atoms with Crippen molar-refractivity contribution in [1.82, 2.24) is 9.55 Å². The van der Waals surface area contributed by atoms with E-state index in [1.165, 1.54) is 5.56 Å². The summed E-state index contributed by atoms with van der Waals surface area (Å²) in [7, 11) is 0.